The van der Waals surface area contributed by atoms with Crippen molar-refractivity contribution in [1.82, 2.24) is 15.5 Å². The summed E-state index contributed by atoms with van der Waals surface area (Å²) in [4.78, 5) is 14.0. The van der Waals surface area contributed by atoms with Crippen molar-refractivity contribution >= 4 is 5.91 Å². The Labute approximate surface area is 133 Å². The Bertz CT molecular complexity index is 483. The lowest BCUT2D eigenvalue weighted by molar-refractivity contribution is -0.120. The Balaban J connectivity index is 1.97. The van der Waals surface area contributed by atoms with E-state index >= 15 is 0 Å². The van der Waals surface area contributed by atoms with Gasteiger partial charge in [-0.2, -0.15) is 0 Å². The highest BCUT2D eigenvalue weighted by Crippen LogP contribution is 2.16. The van der Waals surface area contributed by atoms with Gasteiger partial charge in [0.25, 0.3) is 0 Å². The molecule has 2 atom stereocenters. The molecule has 2 rings (SSSR count). The average Bonchev–Trinajstić information content (AvgIpc) is 2.45. The Kier molecular flexibility index (Phi) is 6.36. The molecule has 1 aromatic carbocycles. The number of nitrogens with zero attached hydrogens (tertiary/aromatic N) is 1. The minimum absolute atomic E-state index is 0.0194. The first-order valence-electron chi connectivity index (χ1n) is 7.94. The van der Waals surface area contributed by atoms with Crippen molar-refractivity contribution in [3.05, 3.63) is 35.4 Å². The highest BCUT2D eigenvalue weighted by Gasteiger charge is 2.22. The first-order chi connectivity index (χ1) is 10.6. The van der Waals surface area contributed by atoms with Crippen LogP contribution in [0.1, 0.15) is 25.0 Å². The van der Waals surface area contributed by atoms with Crippen LogP contribution in [0.2, 0.25) is 0 Å². The third-order valence-corrected chi connectivity index (χ3v) is 3.82. The number of carbonyl (C=O) groups excluding carboxylic acids is 1. The van der Waals surface area contributed by atoms with Crippen LogP contribution < -0.4 is 10.6 Å². The SMILES string of the molecule is CNCC(=O)NCc1ccccc1CN1C[C@@H](C)O[C@H](C)C1. The van der Waals surface area contributed by atoms with Gasteiger partial charge in [-0.05, 0) is 32.0 Å². The Morgan fingerprint density at radius 3 is 2.50 bits per heavy atom. The zero-order valence-electron chi connectivity index (χ0n) is 13.8. The number of rotatable bonds is 6. The highest BCUT2D eigenvalue weighted by molar-refractivity contribution is 5.77. The second-order valence-corrected chi connectivity index (χ2v) is 6.03. The van der Waals surface area contributed by atoms with Gasteiger partial charge in [-0.1, -0.05) is 24.3 Å². The van der Waals surface area contributed by atoms with E-state index in [9.17, 15) is 4.79 Å². The molecule has 0 aliphatic carbocycles. The fourth-order valence-electron chi connectivity index (χ4n) is 2.96. The summed E-state index contributed by atoms with van der Waals surface area (Å²) in [6.45, 7) is 7.96. The normalized spacial score (nSPS) is 22.5. The molecular weight excluding hydrogens is 278 g/mol. The van der Waals surface area contributed by atoms with Crippen molar-refractivity contribution in [1.29, 1.82) is 0 Å². The molecule has 1 aliphatic heterocycles. The molecule has 0 aromatic heterocycles. The molecule has 1 amide bonds. The lowest BCUT2D eigenvalue weighted by Crippen LogP contribution is -2.45. The first kappa shape index (κ1) is 16.9. The number of amides is 1. The molecule has 1 saturated heterocycles. The van der Waals surface area contributed by atoms with E-state index in [4.69, 9.17) is 4.74 Å². The van der Waals surface area contributed by atoms with Crippen LogP contribution in [0.4, 0.5) is 0 Å². The zero-order chi connectivity index (χ0) is 15.9. The van der Waals surface area contributed by atoms with E-state index in [0.29, 0.717) is 13.1 Å². The summed E-state index contributed by atoms with van der Waals surface area (Å²) in [5, 5.41) is 5.81. The molecule has 122 valence electrons. The minimum Gasteiger partial charge on any atom is -0.373 e. The predicted molar refractivity (Wildman–Crippen MR) is 87.5 cm³/mol. The summed E-state index contributed by atoms with van der Waals surface area (Å²) in [7, 11) is 1.77. The molecule has 0 saturated carbocycles. The lowest BCUT2D eigenvalue weighted by Gasteiger charge is -2.35. The lowest BCUT2D eigenvalue weighted by atomic mass is 10.1. The van der Waals surface area contributed by atoms with Crippen molar-refractivity contribution in [2.75, 3.05) is 26.7 Å². The van der Waals surface area contributed by atoms with Gasteiger partial charge in [0, 0.05) is 26.2 Å². The third-order valence-electron chi connectivity index (χ3n) is 3.82. The molecule has 0 radical (unpaired) electrons. The summed E-state index contributed by atoms with van der Waals surface area (Å²) in [5.41, 5.74) is 2.45. The van der Waals surface area contributed by atoms with Gasteiger partial charge in [-0.3, -0.25) is 9.69 Å². The van der Waals surface area contributed by atoms with Gasteiger partial charge in [0.15, 0.2) is 0 Å². The first-order valence-corrected chi connectivity index (χ1v) is 7.94. The predicted octanol–water partition coefficient (Wildman–Crippen LogP) is 1.13. The van der Waals surface area contributed by atoms with Crippen molar-refractivity contribution in [2.24, 2.45) is 0 Å². The quantitative estimate of drug-likeness (QED) is 0.827. The van der Waals surface area contributed by atoms with Gasteiger partial charge >= 0.3 is 0 Å². The maximum absolute atomic E-state index is 11.6. The van der Waals surface area contributed by atoms with Gasteiger partial charge < -0.3 is 15.4 Å². The molecule has 5 nitrogen and oxygen atoms in total. The zero-order valence-corrected chi connectivity index (χ0v) is 13.8. The molecular formula is C17H27N3O2. The van der Waals surface area contributed by atoms with Crippen LogP contribution in [-0.4, -0.2) is 49.7 Å². The Morgan fingerprint density at radius 1 is 1.23 bits per heavy atom. The van der Waals surface area contributed by atoms with Gasteiger partial charge in [-0.15, -0.1) is 0 Å². The van der Waals surface area contributed by atoms with Crippen molar-refractivity contribution < 1.29 is 9.53 Å². The molecule has 22 heavy (non-hydrogen) atoms. The fourth-order valence-corrected chi connectivity index (χ4v) is 2.96. The van der Waals surface area contributed by atoms with Crippen LogP contribution in [0.25, 0.3) is 0 Å². The van der Waals surface area contributed by atoms with E-state index < -0.39 is 0 Å². The topological polar surface area (TPSA) is 53.6 Å². The molecule has 0 spiro atoms. The Hall–Kier alpha value is -1.43. The molecule has 1 fully saturated rings. The highest BCUT2D eigenvalue weighted by atomic mass is 16.5. The number of hydrogen-bond acceptors (Lipinski definition) is 4. The van der Waals surface area contributed by atoms with Crippen LogP contribution in [-0.2, 0) is 22.6 Å². The molecule has 2 N–H and O–H groups in total. The van der Waals surface area contributed by atoms with Crippen LogP contribution in [0.15, 0.2) is 24.3 Å². The summed E-state index contributed by atoms with van der Waals surface area (Å²) in [5.74, 6) is 0.0194. The van der Waals surface area contributed by atoms with E-state index in [1.165, 1.54) is 11.1 Å². The smallest absolute Gasteiger partial charge is 0.234 e. The number of likely N-dealkylation sites (N-methyl/N-ethyl adjacent to an activating group) is 1. The van der Waals surface area contributed by atoms with Gasteiger partial charge in [0.1, 0.15) is 0 Å². The van der Waals surface area contributed by atoms with Crippen molar-refractivity contribution in [3.63, 3.8) is 0 Å². The summed E-state index contributed by atoms with van der Waals surface area (Å²) in [6.07, 6.45) is 0.539. The number of morpholine rings is 1. The monoisotopic (exact) mass is 305 g/mol. The summed E-state index contributed by atoms with van der Waals surface area (Å²) >= 11 is 0. The average molecular weight is 305 g/mol. The number of carbonyl (C=O) groups is 1. The van der Waals surface area contributed by atoms with Gasteiger partial charge in [0.2, 0.25) is 5.91 Å². The van der Waals surface area contributed by atoms with Gasteiger partial charge in [-0.25, -0.2) is 0 Å². The molecule has 0 bridgehead atoms. The largest absolute Gasteiger partial charge is 0.373 e. The maximum atomic E-state index is 11.6. The van der Waals surface area contributed by atoms with E-state index in [2.05, 4.69) is 47.6 Å². The number of ether oxygens (including phenoxy) is 1. The molecule has 5 heteroatoms. The van der Waals surface area contributed by atoms with Crippen LogP contribution in [0.5, 0.6) is 0 Å². The van der Waals surface area contributed by atoms with Crippen molar-refractivity contribution in [2.45, 2.75) is 39.1 Å². The molecule has 1 aliphatic rings. The molecule has 1 heterocycles. The number of nitrogens with one attached hydrogen (secondary N) is 2. The summed E-state index contributed by atoms with van der Waals surface area (Å²) < 4.78 is 5.78. The number of benzene rings is 1. The van der Waals surface area contributed by atoms with E-state index in [1.54, 1.807) is 7.05 Å². The second-order valence-electron chi connectivity index (χ2n) is 6.03. The maximum Gasteiger partial charge on any atom is 0.234 e. The van der Waals surface area contributed by atoms with Crippen LogP contribution >= 0.6 is 0 Å². The third kappa shape index (κ3) is 5.09. The van der Waals surface area contributed by atoms with E-state index in [1.807, 2.05) is 6.07 Å². The Morgan fingerprint density at radius 2 is 1.86 bits per heavy atom. The summed E-state index contributed by atoms with van der Waals surface area (Å²) in [6, 6.07) is 8.31. The second kappa shape index (κ2) is 8.27. The minimum atomic E-state index is 0.0194. The fraction of sp³-hybridized carbons (Fsp3) is 0.588. The van der Waals surface area contributed by atoms with Gasteiger partial charge in [0.05, 0.1) is 18.8 Å². The number of hydrogen-bond donors (Lipinski definition) is 2. The van der Waals surface area contributed by atoms with E-state index in [0.717, 1.165) is 19.6 Å². The van der Waals surface area contributed by atoms with Crippen molar-refractivity contribution in [3.8, 4) is 0 Å². The van der Waals surface area contributed by atoms with Crippen LogP contribution in [0, 0.1) is 0 Å². The standard InChI is InChI=1S/C17H27N3O2/c1-13-10-20(11-14(2)22-13)12-16-7-5-4-6-15(16)8-19-17(21)9-18-3/h4-7,13-14,18H,8-12H2,1-3H3,(H,19,21)/t13-,14-/m1/s1. The van der Waals surface area contributed by atoms with Crippen LogP contribution in [0.3, 0.4) is 0 Å². The molecule has 1 aromatic rings. The molecule has 0 unspecified atom stereocenters. The van der Waals surface area contributed by atoms with E-state index in [-0.39, 0.29) is 18.1 Å².